The highest BCUT2D eigenvalue weighted by Crippen LogP contribution is 2.34. The third kappa shape index (κ3) is 12.5. The van der Waals surface area contributed by atoms with Gasteiger partial charge in [0.25, 0.3) is 0 Å². The number of nitrogens with one attached hydrogen (secondary N) is 2. The third-order valence-corrected chi connectivity index (χ3v) is 6.97. The monoisotopic (exact) mass is 706 g/mol. The van der Waals surface area contributed by atoms with Crippen LogP contribution in [0.4, 0.5) is 32.0 Å². The van der Waals surface area contributed by atoms with Crippen LogP contribution in [0, 0.1) is 12.8 Å². The molecule has 3 aromatic rings. The Morgan fingerprint density at radius 1 is 1.02 bits per heavy atom. The Labute approximate surface area is 277 Å². The number of alkyl halides is 6. The Morgan fingerprint density at radius 2 is 1.63 bits per heavy atom. The summed E-state index contributed by atoms with van der Waals surface area (Å²) < 4.78 is 80.8. The zero-order valence-corrected chi connectivity index (χ0v) is 26.9. The summed E-state index contributed by atoms with van der Waals surface area (Å²) in [6.45, 7) is 9.85. The standard InChI is InChI=1S/C27H34N4O4.2C2HF3O2/c1-5-31(6-2)11-12-34-26-15-19(23-16-28-30-18(23)3)7-9-24(26)29-27(32)21-13-20-14-22(33-4)8-10-25(20)35-17-21;2*3-2(4,5)1(6)7/h7-10,14-16,21H,5-6,11-13,17H2,1-4H3,(H,28,30)(H,29,32);2*(H,6,7). The number of carbonyl (C=O) groups is 3. The van der Waals surface area contributed by atoms with Gasteiger partial charge in [0.1, 0.15) is 30.5 Å². The van der Waals surface area contributed by atoms with E-state index >= 15 is 0 Å². The number of aryl methyl sites for hydroxylation is 1. The minimum Gasteiger partial charge on any atom is -0.497 e. The molecule has 2 aromatic carbocycles. The van der Waals surface area contributed by atoms with Gasteiger partial charge in [-0.3, -0.25) is 9.89 Å². The lowest BCUT2D eigenvalue weighted by atomic mass is 9.95. The van der Waals surface area contributed by atoms with Gasteiger partial charge in [-0.25, -0.2) is 9.59 Å². The van der Waals surface area contributed by atoms with Crippen LogP contribution in [-0.4, -0.2) is 95.5 Å². The van der Waals surface area contributed by atoms with E-state index in [1.54, 1.807) is 13.3 Å². The van der Waals surface area contributed by atoms with E-state index in [0.29, 0.717) is 31.1 Å². The lowest BCUT2D eigenvalue weighted by molar-refractivity contribution is -0.193. The van der Waals surface area contributed by atoms with Crippen molar-refractivity contribution >= 4 is 23.5 Å². The van der Waals surface area contributed by atoms with E-state index in [-0.39, 0.29) is 11.8 Å². The highest BCUT2D eigenvalue weighted by molar-refractivity contribution is 5.95. The molecule has 18 heteroatoms. The molecule has 1 unspecified atom stereocenters. The van der Waals surface area contributed by atoms with Crippen LogP contribution in [0.15, 0.2) is 42.6 Å². The number of nitrogens with zero attached hydrogens (tertiary/aromatic N) is 2. The van der Waals surface area contributed by atoms with Gasteiger partial charge in [-0.2, -0.15) is 31.4 Å². The molecule has 0 fully saturated rings. The molecule has 12 nitrogen and oxygen atoms in total. The number of anilines is 1. The first-order chi connectivity index (χ1) is 22.9. The number of hydrogen-bond donors (Lipinski definition) is 4. The van der Waals surface area contributed by atoms with Crippen LogP contribution < -0.4 is 19.5 Å². The zero-order chi connectivity index (χ0) is 36.9. The maximum Gasteiger partial charge on any atom is 0.490 e. The number of aromatic nitrogens is 2. The van der Waals surface area contributed by atoms with Crippen LogP contribution in [0.5, 0.6) is 17.2 Å². The maximum atomic E-state index is 13.2. The van der Waals surface area contributed by atoms with Gasteiger partial charge in [0.15, 0.2) is 0 Å². The minimum atomic E-state index is -5.08. The van der Waals surface area contributed by atoms with Gasteiger partial charge in [-0.1, -0.05) is 19.9 Å². The molecule has 2 heterocycles. The molecule has 49 heavy (non-hydrogen) atoms. The lowest BCUT2D eigenvalue weighted by Gasteiger charge is -2.25. The van der Waals surface area contributed by atoms with Gasteiger partial charge in [-0.15, -0.1) is 0 Å². The molecule has 0 saturated carbocycles. The van der Waals surface area contributed by atoms with Crippen LogP contribution in [-0.2, 0) is 20.8 Å². The predicted octanol–water partition coefficient (Wildman–Crippen LogP) is 5.57. The van der Waals surface area contributed by atoms with Gasteiger partial charge in [0.05, 0.1) is 24.9 Å². The van der Waals surface area contributed by atoms with Crippen molar-refractivity contribution < 1.29 is 65.1 Å². The van der Waals surface area contributed by atoms with Gasteiger partial charge in [-0.05, 0) is 67.9 Å². The molecule has 1 aromatic heterocycles. The molecule has 0 radical (unpaired) electrons. The highest BCUT2D eigenvalue weighted by Gasteiger charge is 2.39. The van der Waals surface area contributed by atoms with E-state index in [1.165, 1.54) is 0 Å². The van der Waals surface area contributed by atoms with Crippen LogP contribution >= 0.6 is 0 Å². The second-order valence-electron chi connectivity index (χ2n) is 10.3. The van der Waals surface area contributed by atoms with Crippen molar-refractivity contribution in [3.63, 3.8) is 0 Å². The molecular weight excluding hydrogens is 670 g/mol. The number of likely N-dealkylation sites (N-methyl/N-ethyl adjacent to an activating group) is 1. The van der Waals surface area contributed by atoms with E-state index in [2.05, 4.69) is 34.3 Å². The quantitative estimate of drug-likeness (QED) is 0.196. The Balaban J connectivity index is 0.000000500. The molecule has 1 aliphatic heterocycles. The van der Waals surface area contributed by atoms with Crippen molar-refractivity contribution in [3.8, 4) is 28.4 Å². The van der Waals surface area contributed by atoms with Gasteiger partial charge in [0.2, 0.25) is 5.91 Å². The van der Waals surface area contributed by atoms with Crippen LogP contribution in [0.25, 0.3) is 11.1 Å². The summed E-state index contributed by atoms with van der Waals surface area (Å²) in [5.41, 5.74) is 4.58. The van der Waals surface area contributed by atoms with Crippen molar-refractivity contribution in [2.24, 2.45) is 5.92 Å². The number of halogens is 6. The molecular formula is C31H36F6N4O8. The first-order valence-electron chi connectivity index (χ1n) is 14.6. The van der Waals surface area contributed by atoms with Crippen molar-refractivity contribution in [1.82, 2.24) is 15.1 Å². The maximum absolute atomic E-state index is 13.2. The molecule has 4 rings (SSSR count). The zero-order valence-electron chi connectivity index (χ0n) is 26.9. The molecule has 0 aliphatic carbocycles. The van der Waals surface area contributed by atoms with E-state index in [9.17, 15) is 31.1 Å². The average Bonchev–Trinajstić information content (AvgIpc) is 3.48. The first kappa shape index (κ1) is 40.2. The van der Waals surface area contributed by atoms with Crippen LogP contribution in [0.3, 0.4) is 0 Å². The van der Waals surface area contributed by atoms with E-state index in [0.717, 1.165) is 53.5 Å². The second-order valence-corrected chi connectivity index (χ2v) is 10.3. The van der Waals surface area contributed by atoms with Crippen LogP contribution in [0.2, 0.25) is 0 Å². The van der Waals surface area contributed by atoms with E-state index in [4.69, 9.17) is 34.0 Å². The second kappa shape index (κ2) is 18.0. The van der Waals surface area contributed by atoms with Crippen molar-refractivity contribution in [1.29, 1.82) is 0 Å². The number of carboxylic acids is 2. The SMILES string of the molecule is CCN(CC)CCOc1cc(-c2cn[nH]c2C)ccc1NC(=O)C1COc2ccc(OC)cc2C1.O=C(O)C(F)(F)F.O=C(O)C(F)(F)F. The van der Waals surface area contributed by atoms with Crippen LogP contribution in [0.1, 0.15) is 25.1 Å². The normalized spacial score (nSPS) is 13.8. The summed E-state index contributed by atoms with van der Waals surface area (Å²) in [6.07, 6.45) is -7.78. The number of carbonyl (C=O) groups excluding carboxylic acids is 1. The Kier molecular flexibility index (Phi) is 14.7. The lowest BCUT2D eigenvalue weighted by Crippen LogP contribution is -2.33. The molecule has 1 atom stereocenters. The van der Waals surface area contributed by atoms with Gasteiger partial charge >= 0.3 is 24.3 Å². The first-order valence-corrected chi connectivity index (χ1v) is 14.6. The average molecular weight is 707 g/mol. The molecule has 0 saturated heterocycles. The minimum absolute atomic E-state index is 0.0979. The molecule has 270 valence electrons. The topological polar surface area (TPSA) is 163 Å². The van der Waals surface area contributed by atoms with Gasteiger partial charge in [0, 0.05) is 17.8 Å². The van der Waals surface area contributed by atoms with Crippen molar-refractivity contribution in [2.45, 2.75) is 39.5 Å². The van der Waals surface area contributed by atoms with Crippen molar-refractivity contribution in [3.05, 3.63) is 53.9 Å². The number of H-pyrrole nitrogens is 1. The van der Waals surface area contributed by atoms with Crippen molar-refractivity contribution in [2.75, 3.05) is 45.3 Å². The van der Waals surface area contributed by atoms with E-state index in [1.807, 2.05) is 43.3 Å². The fourth-order valence-corrected chi connectivity index (χ4v) is 4.28. The number of carboxylic acid groups (broad SMARTS) is 2. The summed E-state index contributed by atoms with van der Waals surface area (Å²) >= 11 is 0. The summed E-state index contributed by atoms with van der Waals surface area (Å²) in [6, 6.07) is 11.5. The summed E-state index contributed by atoms with van der Waals surface area (Å²) in [4.78, 5) is 33.3. The smallest absolute Gasteiger partial charge is 0.490 e. The predicted molar refractivity (Wildman–Crippen MR) is 164 cm³/mol. The molecule has 4 N–H and O–H groups in total. The number of hydrogen-bond acceptors (Lipinski definition) is 8. The fraction of sp³-hybridized carbons (Fsp3) is 0.419. The number of ether oxygens (including phenoxy) is 3. The molecule has 1 amide bonds. The van der Waals surface area contributed by atoms with Gasteiger partial charge < -0.3 is 34.6 Å². The molecule has 1 aliphatic rings. The summed E-state index contributed by atoms with van der Waals surface area (Å²) in [7, 11) is 1.63. The summed E-state index contributed by atoms with van der Waals surface area (Å²) in [5.74, 6) is -3.73. The molecule has 0 spiro atoms. The number of benzene rings is 2. The Bertz CT molecular complexity index is 1530. The number of aromatic amines is 1. The largest absolute Gasteiger partial charge is 0.497 e. The Morgan fingerprint density at radius 3 is 2.14 bits per heavy atom. The molecule has 0 bridgehead atoms. The number of amides is 1. The fourth-order valence-electron chi connectivity index (χ4n) is 4.28. The number of fused-ring (bicyclic) bond motifs is 1. The number of methoxy groups -OCH3 is 1. The van der Waals surface area contributed by atoms with E-state index < -0.39 is 24.3 Å². The number of aliphatic carboxylic acids is 2. The third-order valence-electron chi connectivity index (χ3n) is 6.97. The number of rotatable bonds is 10. The highest BCUT2D eigenvalue weighted by atomic mass is 19.4. The summed E-state index contributed by atoms with van der Waals surface area (Å²) in [5, 5.41) is 24.4. The Hall–Kier alpha value is -5.00.